The van der Waals surface area contributed by atoms with Crippen LogP contribution in [0.25, 0.3) is 0 Å². The van der Waals surface area contributed by atoms with Gasteiger partial charge in [0.1, 0.15) is 0 Å². The van der Waals surface area contributed by atoms with Crippen LogP contribution in [0.3, 0.4) is 0 Å². The molecule has 0 radical (unpaired) electrons. The van der Waals surface area contributed by atoms with E-state index in [-0.39, 0.29) is 0 Å². The molecule has 0 rings (SSSR count). The topological polar surface area (TPSA) is 12.5 Å². The van der Waals surface area contributed by atoms with E-state index in [0.29, 0.717) is 6.04 Å². The highest BCUT2D eigenvalue weighted by Crippen LogP contribution is 1.98. The maximum atomic E-state index is 5.06. The smallest absolute Gasteiger partial charge is 0.0615 e. The summed E-state index contributed by atoms with van der Waals surface area (Å²) >= 11 is 0. The number of nitrogens with zero attached hydrogens (tertiary/aromatic N) is 1. The average Bonchev–Trinajstić information content (AvgIpc) is 2.00. The third kappa shape index (κ3) is 4.17. The molecule has 1 atom stereocenters. The third-order valence-electron chi connectivity index (χ3n) is 1.80. The number of ether oxygens (including phenoxy) is 1. The summed E-state index contributed by atoms with van der Waals surface area (Å²) < 4.78 is 5.06. The zero-order chi connectivity index (χ0) is 8.69. The lowest BCUT2D eigenvalue weighted by Crippen LogP contribution is -2.36. The molecule has 0 saturated heterocycles. The highest BCUT2D eigenvalue weighted by molar-refractivity contribution is 4.76. The SMILES string of the molecule is C=CCN(CC)C(C)COC. The Bertz CT molecular complexity index is 104. The van der Waals surface area contributed by atoms with Crippen molar-refractivity contribution in [2.24, 2.45) is 0 Å². The van der Waals surface area contributed by atoms with Gasteiger partial charge in [0, 0.05) is 19.7 Å². The van der Waals surface area contributed by atoms with Crippen LogP contribution in [0.1, 0.15) is 13.8 Å². The van der Waals surface area contributed by atoms with Gasteiger partial charge in [-0.15, -0.1) is 6.58 Å². The number of hydrogen-bond donors (Lipinski definition) is 0. The number of methoxy groups -OCH3 is 1. The molecule has 0 aromatic carbocycles. The molecule has 66 valence electrons. The van der Waals surface area contributed by atoms with Crippen LogP contribution in [-0.2, 0) is 4.74 Å². The van der Waals surface area contributed by atoms with Crippen molar-refractivity contribution in [3.63, 3.8) is 0 Å². The van der Waals surface area contributed by atoms with Crippen LogP contribution in [-0.4, -0.2) is 37.7 Å². The Kier molecular flexibility index (Phi) is 6.18. The molecule has 1 unspecified atom stereocenters. The van der Waals surface area contributed by atoms with Gasteiger partial charge in [-0.05, 0) is 13.5 Å². The molecule has 0 aliphatic rings. The molecule has 11 heavy (non-hydrogen) atoms. The van der Waals surface area contributed by atoms with Gasteiger partial charge in [-0.1, -0.05) is 13.0 Å². The summed E-state index contributed by atoms with van der Waals surface area (Å²) in [6.07, 6.45) is 1.93. The molecule has 0 N–H and O–H groups in total. The lowest BCUT2D eigenvalue weighted by atomic mass is 10.3. The molecule has 0 fully saturated rings. The van der Waals surface area contributed by atoms with Crippen LogP contribution in [0.2, 0.25) is 0 Å². The first kappa shape index (κ1) is 10.7. The van der Waals surface area contributed by atoms with E-state index in [1.807, 2.05) is 6.08 Å². The van der Waals surface area contributed by atoms with Gasteiger partial charge in [0.05, 0.1) is 6.61 Å². The molecule has 0 amide bonds. The first-order valence-electron chi connectivity index (χ1n) is 4.10. The van der Waals surface area contributed by atoms with Gasteiger partial charge < -0.3 is 4.74 Å². The fourth-order valence-electron chi connectivity index (χ4n) is 1.13. The van der Waals surface area contributed by atoms with Crippen LogP contribution < -0.4 is 0 Å². The Morgan fingerprint density at radius 3 is 2.64 bits per heavy atom. The van der Waals surface area contributed by atoms with Crippen molar-refractivity contribution in [1.82, 2.24) is 4.90 Å². The van der Waals surface area contributed by atoms with Crippen molar-refractivity contribution < 1.29 is 4.74 Å². The minimum absolute atomic E-state index is 0.489. The summed E-state index contributed by atoms with van der Waals surface area (Å²) in [4.78, 5) is 2.32. The fraction of sp³-hybridized carbons (Fsp3) is 0.778. The summed E-state index contributed by atoms with van der Waals surface area (Å²) in [5, 5.41) is 0. The lowest BCUT2D eigenvalue weighted by Gasteiger charge is -2.25. The predicted molar refractivity (Wildman–Crippen MR) is 48.8 cm³/mol. The molecular weight excluding hydrogens is 138 g/mol. The highest BCUT2D eigenvalue weighted by atomic mass is 16.5. The largest absolute Gasteiger partial charge is 0.383 e. The van der Waals surface area contributed by atoms with Gasteiger partial charge in [-0.2, -0.15) is 0 Å². The van der Waals surface area contributed by atoms with E-state index in [4.69, 9.17) is 4.74 Å². The summed E-state index contributed by atoms with van der Waals surface area (Å²) in [7, 11) is 1.73. The fourth-order valence-corrected chi connectivity index (χ4v) is 1.13. The molecule has 0 bridgehead atoms. The van der Waals surface area contributed by atoms with E-state index >= 15 is 0 Å². The second kappa shape index (κ2) is 6.38. The van der Waals surface area contributed by atoms with Crippen LogP contribution in [0.5, 0.6) is 0 Å². The molecule has 2 nitrogen and oxygen atoms in total. The summed E-state index contributed by atoms with van der Waals surface area (Å²) in [6.45, 7) is 10.8. The van der Waals surface area contributed by atoms with Crippen molar-refractivity contribution in [1.29, 1.82) is 0 Å². The zero-order valence-corrected chi connectivity index (χ0v) is 7.84. The average molecular weight is 157 g/mol. The van der Waals surface area contributed by atoms with Gasteiger partial charge in [0.25, 0.3) is 0 Å². The minimum Gasteiger partial charge on any atom is -0.383 e. The highest BCUT2D eigenvalue weighted by Gasteiger charge is 2.08. The normalized spacial score (nSPS) is 13.5. The van der Waals surface area contributed by atoms with E-state index in [1.54, 1.807) is 7.11 Å². The Balaban J connectivity index is 3.70. The molecule has 0 aliphatic carbocycles. The van der Waals surface area contributed by atoms with Gasteiger partial charge >= 0.3 is 0 Å². The Labute approximate surface area is 69.8 Å². The van der Waals surface area contributed by atoms with Crippen molar-refractivity contribution in [3.05, 3.63) is 12.7 Å². The van der Waals surface area contributed by atoms with Crippen LogP contribution in [0.4, 0.5) is 0 Å². The maximum Gasteiger partial charge on any atom is 0.0615 e. The van der Waals surface area contributed by atoms with E-state index in [9.17, 15) is 0 Å². The summed E-state index contributed by atoms with van der Waals surface area (Å²) in [5.74, 6) is 0. The number of rotatable bonds is 6. The van der Waals surface area contributed by atoms with Gasteiger partial charge in [0.2, 0.25) is 0 Å². The first-order valence-corrected chi connectivity index (χ1v) is 4.10. The standard InChI is InChI=1S/C9H19NO/c1-5-7-10(6-2)9(3)8-11-4/h5,9H,1,6-8H2,2-4H3. The monoisotopic (exact) mass is 157 g/mol. The second-order valence-electron chi connectivity index (χ2n) is 2.68. The van der Waals surface area contributed by atoms with E-state index < -0.39 is 0 Å². The second-order valence-corrected chi connectivity index (χ2v) is 2.68. The zero-order valence-electron chi connectivity index (χ0n) is 7.84. The third-order valence-corrected chi connectivity index (χ3v) is 1.80. The van der Waals surface area contributed by atoms with E-state index in [0.717, 1.165) is 19.7 Å². The quantitative estimate of drug-likeness (QED) is 0.542. The number of hydrogen-bond acceptors (Lipinski definition) is 2. The van der Waals surface area contributed by atoms with Crippen molar-refractivity contribution in [2.75, 3.05) is 26.8 Å². The molecule has 2 heteroatoms. The van der Waals surface area contributed by atoms with E-state index in [1.165, 1.54) is 0 Å². The molecule has 0 saturated carbocycles. The summed E-state index contributed by atoms with van der Waals surface area (Å²) in [6, 6.07) is 0.489. The van der Waals surface area contributed by atoms with Crippen LogP contribution in [0, 0.1) is 0 Å². The molecule has 0 heterocycles. The van der Waals surface area contributed by atoms with Crippen molar-refractivity contribution in [2.45, 2.75) is 19.9 Å². The Hall–Kier alpha value is -0.340. The Morgan fingerprint density at radius 1 is 1.64 bits per heavy atom. The van der Waals surface area contributed by atoms with Gasteiger partial charge in [0.15, 0.2) is 0 Å². The van der Waals surface area contributed by atoms with Crippen molar-refractivity contribution >= 4 is 0 Å². The maximum absolute atomic E-state index is 5.06. The molecular formula is C9H19NO. The molecule has 0 aliphatic heterocycles. The Morgan fingerprint density at radius 2 is 2.27 bits per heavy atom. The van der Waals surface area contributed by atoms with E-state index in [2.05, 4.69) is 25.3 Å². The summed E-state index contributed by atoms with van der Waals surface area (Å²) in [5.41, 5.74) is 0. The van der Waals surface area contributed by atoms with Crippen LogP contribution >= 0.6 is 0 Å². The molecule has 0 aromatic rings. The van der Waals surface area contributed by atoms with Gasteiger partial charge in [-0.3, -0.25) is 4.90 Å². The van der Waals surface area contributed by atoms with Crippen LogP contribution in [0.15, 0.2) is 12.7 Å². The molecule has 0 spiro atoms. The molecule has 0 aromatic heterocycles. The minimum atomic E-state index is 0.489. The van der Waals surface area contributed by atoms with Crippen molar-refractivity contribution in [3.8, 4) is 0 Å². The van der Waals surface area contributed by atoms with Gasteiger partial charge in [-0.25, -0.2) is 0 Å². The lowest BCUT2D eigenvalue weighted by molar-refractivity contribution is 0.110. The first-order chi connectivity index (χ1) is 5.26. The predicted octanol–water partition coefficient (Wildman–Crippen LogP) is 1.53. The number of likely N-dealkylation sites (N-methyl/N-ethyl adjacent to an activating group) is 1.